The van der Waals surface area contributed by atoms with Crippen molar-refractivity contribution in [2.24, 2.45) is 0 Å². The van der Waals surface area contributed by atoms with Crippen LogP contribution in [0.25, 0.3) is 0 Å². The molecule has 0 bridgehead atoms. The zero-order valence-electron chi connectivity index (χ0n) is 6.84. The van der Waals surface area contributed by atoms with Gasteiger partial charge in [0.15, 0.2) is 0 Å². The van der Waals surface area contributed by atoms with Crippen molar-refractivity contribution < 1.29 is 14.9 Å². The second-order valence-corrected chi connectivity index (χ2v) is 2.81. The van der Waals surface area contributed by atoms with E-state index < -0.39 is 18.3 Å². The molecule has 0 aromatic heterocycles. The predicted octanol–water partition coefficient (Wildman–Crippen LogP) is -0.315. The maximum Gasteiger partial charge on any atom is 0.112 e. The van der Waals surface area contributed by atoms with Crippen LogP contribution >= 0.6 is 0 Å². The molecule has 2 N–H and O–H groups in total. The summed E-state index contributed by atoms with van der Waals surface area (Å²) in [6.45, 7) is 1.71. The van der Waals surface area contributed by atoms with E-state index in [1.165, 1.54) is 6.08 Å². The molecule has 3 heteroatoms. The monoisotopic (exact) mass is 168 g/mol. The third kappa shape index (κ3) is 1.67. The number of ether oxygens (including phenoxy) is 1. The number of hydrogen-bond acceptors (Lipinski definition) is 3. The second kappa shape index (κ2) is 3.72. The first-order valence-electron chi connectivity index (χ1n) is 3.81. The Morgan fingerprint density at radius 1 is 1.42 bits per heavy atom. The Morgan fingerprint density at radius 2 is 2.08 bits per heavy atom. The van der Waals surface area contributed by atoms with Gasteiger partial charge in [-0.2, -0.15) is 0 Å². The number of aliphatic hydroxyl groups is 2. The summed E-state index contributed by atoms with van der Waals surface area (Å²) in [7, 11) is 0. The molecule has 3 nitrogen and oxygen atoms in total. The maximum absolute atomic E-state index is 9.36. The van der Waals surface area contributed by atoms with Gasteiger partial charge in [-0.15, -0.1) is 6.42 Å². The molecule has 0 spiro atoms. The van der Waals surface area contributed by atoms with E-state index in [2.05, 4.69) is 5.92 Å². The van der Waals surface area contributed by atoms with Crippen LogP contribution in [-0.4, -0.2) is 34.6 Å². The molecule has 0 aromatic rings. The standard InChI is InChI=1S/C9H12O3/c1-3-4-5-7-9(11)8(10)6(2)12-7/h1,4-11H,2H3/t6-,7+,8?,9-/m0/s1. The Bertz CT molecular complexity index is 216. The molecule has 1 aliphatic rings. The number of aliphatic hydroxyl groups excluding tert-OH is 2. The van der Waals surface area contributed by atoms with E-state index >= 15 is 0 Å². The van der Waals surface area contributed by atoms with Crippen molar-refractivity contribution in [3.63, 3.8) is 0 Å². The molecule has 0 amide bonds. The van der Waals surface area contributed by atoms with E-state index in [4.69, 9.17) is 11.2 Å². The first-order chi connectivity index (χ1) is 5.66. The molecule has 0 aromatic carbocycles. The molecular formula is C9H12O3. The fraction of sp³-hybridized carbons (Fsp3) is 0.556. The van der Waals surface area contributed by atoms with Gasteiger partial charge in [-0.1, -0.05) is 5.92 Å². The summed E-state index contributed by atoms with van der Waals surface area (Å²) in [6.07, 6.45) is 5.50. The van der Waals surface area contributed by atoms with E-state index in [0.29, 0.717) is 0 Å². The summed E-state index contributed by atoms with van der Waals surface area (Å²) in [5, 5.41) is 18.6. The van der Waals surface area contributed by atoms with Gasteiger partial charge in [0.1, 0.15) is 18.3 Å². The van der Waals surface area contributed by atoms with E-state index in [-0.39, 0.29) is 6.10 Å². The van der Waals surface area contributed by atoms with Crippen LogP contribution in [0, 0.1) is 12.3 Å². The van der Waals surface area contributed by atoms with Gasteiger partial charge in [-0.05, 0) is 19.1 Å². The van der Waals surface area contributed by atoms with Gasteiger partial charge >= 0.3 is 0 Å². The Labute approximate surface area is 71.7 Å². The topological polar surface area (TPSA) is 49.7 Å². The van der Waals surface area contributed by atoms with Crippen molar-refractivity contribution in [3.8, 4) is 12.3 Å². The van der Waals surface area contributed by atoms with Crippen molar-refractivity contribution in [1.82, 2.24) is 0 Å². The predicted molar refractivity (Wildman–Crippen MR) is 44.3 cm³/mol. The lowest BCUT2D eigenvalue weighted by atomic mass is 10.1. The molecule has 1 rings (SSSR count). The molecule has 0 saturated carbocycles. The van der Waals surface area contributed by atoms with E-state index in [1.54, 1.807) is 13.0 Å². The maximum atomic E-state index is 9.36. The summed E-state index contributed by atoms with van der Waals surface area (Å²) >= 11 is 0. The van der Waals surface area contributed by atoms with E-state index in [1.807, 2.05) is 0 Å². The van der Waals surface area contributed by atoms with E-state index in [9.17, 15) is 10.2 Å². The van der Waals surface area contributed by atoms with Crippen molar-refractivity contribution >= 4 is 0 Å². The number of allylic oxidation sites excluding steroid dienone is 1. The number of rotatable bonds is 1. The Balaban J connectivity index is 2.60. The zero-order chi connectivity index (χ0) is 9.14. The van der Waals surface area contributed by atoms with Crippen LogP contribution < -0.4 is 0 Å². The third-order valence-corrected chi connectivity index (χ3v) is 1.92. The quantitative estimate of drug-likeness (QED) is 0.528. The number of terminal acetylenes is 1. The SMILES string of the molecule is C#CC=C[C@H]1O[C@@H](C)C(O)[C@H]1O. The molecule has 66 valence electrons. The molecule has 1 fully saturated rings. The summed E-state index contributed by atoms with van der Waals surface area (Å²) < 4.78 is 5.21. The Hall–Kier alpha value is -0.820. The van der Waals surface area contributed by atoms with Gasteiger partial charge in [-0.3, -0.25) is 0 Å². The smallest absolute Gasteiger partial charge is 0.112 e. The van der Waals surface area contributed by atoms with Crippen LogP contribution in [0.2, 0.25) is 0 Å². The molecule has 0 aliphatic carbocycles. The molecule has 1 aliphatic heterocycles. The van der Waals surface area contributed by atoms with Crippen LogP contribution in [0.5, 0.6) is 0 Å². The van der Waals surface area contributed by atoms with Crippen LogP contribution in [0.15, 0.2) is 12.2 Å². The van der Waals surface area contributed by atoms with Gasteiger partial charge in [0.05, 0.1) is 6.10 Å². The summed E-state index contributed by atoms with van der Waals surface area (Å²) in [5.74, 6) is 2.29. The molecule has 1 heterocycles. The van der Waals surface area contributed by atoms with Crippen molar-refractivity contribution in [2.75, 3.05) is 0 Å². The first kappa shape index (κ1) is 9.27. The largest absolute Gasteiger partial charge is 0.388 e. The molecule has 1 unspecified atom stereocenters. The normalized spacial score (nSPS) is 41.8. The minimum atomic E-state index is -0.871. The molecule has 4 atom stereocenters. The van der Waals surface area contributed by atoms with Gasteiger partial charge in [-0.25, -0.2) is 0 Å². The Morgan fingerprint density at radius 3 is 2.50 bits per heavy atom. The van der Waals surface area contributed by atoms with Crippen LogP contribution in [-0.2, 0) is 4.74 Å². The highest BCUT2D eigenvalue weighted by molar-refractivity contribution is 5.13. The number of hydrogen-bond donors (Lipinski definition) is 2. The molecule has 1 saturated heterocycles. The van der Waals surface area contributed by atoms with Gasteiger partial charge in [0, 0.05) is 0 Å². The Kier molecular flexibility index (Phi) is 2.88. The van der Waals surface area contributed by atoms with Crippen molar-refractivity contribution in [3.05, 3.63) is 12.2 Å². The lowest BCUT2D eigenvalue weighted by Crippen LogP contribution is -2.30. The van der Waals surface area contributed by atoms with E-state index in [0.717, 1.165) is 0 Å². The average Bonchev–Trinajstić information content (AvgIpc) is 2.30. The van der Waals surface area contributed by atoms with Gasteiger partial charge in [0.2, 0.25) is 0 Å². The molecular weight excluding hydrogens is 156 g/mol. The summed E-state index contributed by atoms with van der Waals surface area (Å²) in [5.41, 5.74) is 0. The summed E-state index contributed by atoms with van der Waals surface area (Å²) in [6, 6.07) is 0. The second-order valence-electron chi connectivity index (χ2n) is 2.81. The van der Waals surface area contributed by atoms with Crippen LogP contribution in [0.4, 0.5) is 0 Å². The molecule has 0 radical (unpaired) electrons. The minimum Gasteiger partial charge on any atom is -0.388 e. The highest BCUT2D eigenvalue weighted by Crippen LogP contribution is 2.21. The van der Waals surface area contributed by atoms with Crippen molar-refractivity contribution in [2.45, 2.75) is 31.3 Å². The van der Waals surface area contributed by atoms with Gasteiger partial charge < -0.3 is 14.9 Å². The zero-order valence-corrected chi connectivity index (χ0v) is 6.84. The van der Waals surface area contributed by atoms with Crippen LogP contribution in [0.3, 0.4) is 0 Å². The highest BCUT2D eigenvalue weighted by atomic mass is 16.5. The lowest BCUT2D eigenvalue weighted by Gasteiger charge is -2.09. The fourth-order valence-corrected chi connectivity index (χ4v) is 1.19. The first-order valence-corrected chi connectivity index (χ1v) is 3.81. The molecule has 12 heavy (non-hydrogen) atoms. The van der Waals surface area contributed by atoms with Crippen LogP contribution in [0.1, 0.15) is 6.92 Å². The highest BCUT2D eigenvalue weighted by Gasteiger charge is 2.38. The van der Waals surface area contributed by atoms with Crippen molar-refractivity contribution in [1.29, 1.82) is 0 Å². The minimum absolute atomic E-state index is 0.340. The fourth-order valence-electron chi connectivity index (χ4n) is 1.19. The van der Waals surface area contributed by atoms with Gasteiger partial charge in [0.25, 0.3) is 0 Å². The lowest BCUT2D eigenvalue weighted by molar-refractivity contribution is 0.0316. The third-order valence-electron chi connectivity index (χ3n) is 1.92. The average molecular weight is 168 g/mol. The summed E-state index contributed by atoms with van der Waals surface area (Å²) in [4.78, 5) is 0.